The summed E-state index contributed by atoms with van der Waals surface area (Å²) in [7, 11) is -3.58. The highest BCUT2D eigenvalue weighted by Gasteiger charge is 2.44. The van der Waals surface area contributed by atoms with Gasteiger partial charge >= 0.3 is 0 Å². The van der Waals surface area contributed by atoms with Crippen LogP contribution in [0.5, 0.6) is 0 Å². The number of rotatable bonds is 3. The summed E-state index contributed by atoms with van der Waals surface area (Å²) in [5.41, 5.74) is 2.25. The van der Waals surface area contributed by atoms with Gasteiger partial charge in [0.05, 0.1) is 4.90 Å². The molecule has 1 amide bonds. The summed E-state index contributed by atoms with van der Waals surface area (Å²) in [5.74, 6) is -0.252. The molecule has 0 bridgehead atoms. The number of aliphatic imine (C=N–C) groups is 1. The lowest BCUT2D eigenvalue weighted by atomic mass is 10.00. The molecule has 1 spiro atoms. The Bertz CT molecular complexity index is 1120. The van der Waals surface area contributed by atoms with E-state index in [9.17, 15) is 13.2 Å². The Hall–Kier alpha value is -2.22. The van der Waals surface area contributed by atoms with E-state index in [0.717, 1.165) is 11.1 Å². The standard InChI is InChI=1S/C21H22ClN3O3S/c1-14-6-7-18(12-15(14)2)29(27,28)25-10-8-21(9-11-25)23-19(20(26)24-21)16-4-3-5-17(22)13-16/h3-7,12-13H,8-11H2,1-2H3,(H,24,26). The van der Waals surface area contributed by atoms with Crippen LogP contribution in [-0.4, -0.2) is 43.1 Å². The van der Waals surface area contributed by atoms with Gasteiger partial charge in [-0.15, -0.1) is 0 Å². The van der Waals surface area contributed by atoms with Crippen molar-refractivity contribution in [2.75, 3.05) is 13.1 Å². The highest BCUT2D eigenvalue weighted by atomic mass is 35.5. The van der Waals surface area contributed by atoms with Crippen LogP contribution in [0.2, 0.25) is 5.02 Å². The monoisotopic (exact) mass is 431 g/mol. The molecule has 8 heteroatoms. The molecule has 4 rings (SSSR count). The molecule has 2 aromatic rings. The van der Waals surface area contributed by atoms with E-state index in [1.807, 2.05) is 19.9 Å². The maximum atomic E-state index is 13.0. The molecular weight excluding hydrogens is 410 g/mol. The van der Waals surface area contributed by atoms with Crippen molar-refractivity contribution in [1.82, 2.24) is 9.62 Å². The van der Waals surface area contributed by atoms with Crippen LogP contribution < -0.4 is 5.32 Å². The quantitative estimate of drug-likeness (QED) is 0.811. The van der Waals surface area contributed by atoms with Crippen molar-refractivity contribution in [3.63, 3.8) is 0 Å². The molecule has 0 aromatic heterocycles. The number of sulfonamides is 1. The largest absolute Gasteiger partial charge is 0.326 e. The molecule has 0 aliphatic carbocycles. The fourth-order valence-electron chi connectivity index (χ4n) is 3.75. The second-order valence-electron chi connectivity index (χ2n) is 7.61. The van der Waals surface area contributed by atoms with Gasteiger partial charge in [-0.25, -0.2) is 8.42 Å². The van der Waals surface area contributed by atoms with Crippen molar-refractivity contribution in [3.8, 4) is 0 Å². The van der Waals surface area contributed by atoms with Crippen LogP contribution in [0.15, 0.2) is 52.4 Å². The highest BCUT2D eigenvalue weighted by molar-refractivity contribution is 7.89. The number of benzene rings is 2. The zero-order valence-corrected chi connectivity index (χ0v) is 17.8. The minimum absolute atomic E-state index is 0.252. The molecule has 2 heterocycles. The smallest absolute Gasteiger partial charge is 0.272 e. The maximum absolute atomic E-state index is 13.0. The molecule has 0 atom stereocenters. The maximum Gasteiger partial charge on any atom is 0.272 e. The number of piperidine rings is 1. The molecule has 0 unspecified atom stereocenters. The number of aryl methyl sites for hydroxylation is 2. The Morgan fingerprint density at radius 2 is 1.79 bits per heavy atom. The Labute approximate surface area is 175 Å². The van der Waals surface area contributed by atoms with Crippen molar-refractivity contribution < 1.29 is 13.2 Å². The molecule has 2 aliphatic heterocycles. The Morgan fingerprint density at radius 1 is 1.07 bits per heavy atom. The third-order valence-electron chi connectivity index (χ3n) is 5.65. The van der Waals surface area contributed by atoms with Gasteiger partial charge in [0.1, 0.15) is 11.4 Å². The lowest BCUT2D eigenvalue weighted by Crippen LogP contribution is -2.52. The first kappa shape index (κ1) is 20.1. The first-order valence-corrected chi connectivity index (χ1v) is 11.3. The van der Waals surface area contributed by atoms with Gasteiger partial charge in [0.2, 0.25) is 10.0 Å². The van der Waals surface area contributed by atoms with Crippen LogP contribution >= 0.6 is 11.6 Å². The Balaban J connectivity index is 1.54. The fraction of sp³-hybridized carbons (Fsp3) is 0.333. The van der Waals surface area contributed by atoms with Crippen molar-refractivity contribution in [1.29, 1.82) is 0 Å². The number of halogens is 1. The number of nitrogens with zero attached hydrogens (tertiary/aromatic N) is 2. The number of hydrogen-bond donors (Lipinski definition) is 1. The first-order valence-electron chi connectivity index (χ1n) is 9.46. The van der Waals surface area contributed by atoms with Crippen LogP contribution in [0.1, 0.15) is 29.5 Å². The van der Waals surface area contributed by atoms with Gasteiger partial charge in [0.15, 0.2) is 0 Å². The van der Waals surface area contributed by atoms with E-state index in [2.05, 4.69) is 10.3 Å². The molecule has 0 saturated carbocycles. The molecule has 0 radical (unpaired) electrons. The Kier molecular flexibility index (Phi) is 5.01. The normalized spacial score (nSPS) is 19.3. The van der Waals surface area contributed by atoms with Gasteiger partial charge < -0.3 is 5.32 Å². The predicted molar refractivity (Wildman–Crippen MR) is 113 cm³/mol. The van der Waals surface area contributed by atoms with Crippen LogP contribution in [0.4, 0.5) is 0 Å². The number of carbonyl (C=O) groups excluding carboxylic acids is 1. The predicted octanol–water partition coefficient (Wildman–Crippen LogP) is 3.06. The van der Waals surface area contributed by atoms with E-state index in [-0.39, 0.29) is 5.91 Å². The minimum Gasteiger partial charge on any atom is -0.326 e. The van der Waals surface area contributed by atoms with E-state index in [1.165, 1.54) is 4.31 Å². The summed E-state index contributed by atoms with van der Waals surface area (Å²) in [6, 6.07) is 12.2. The third kappa shape index (κ3) is 3.70. The molecule has 1 fully saturated rings. The third-order valence-corrected chi connectivity index (χ3v) is 7.78. The van der Waals surface area contributed by atoms with E-state index in [1.54, 1.807) is 36.4 Å². The van der Waals surface area contributed by atoms with Crippen LogP contribution in [-0.2, 0) is 14.8 Å². The highest BCUT2D eigenvalue weighted by Crippen LogP contribution is 2.32. The van der Waals surface area contributed by atoms with Crippen LogP contribution in [0.25, 0.3) is 0 Å². The molecule has 6 nitrogen and oxygen atoms in total. The molecule has 29 heavy (non-hydrogen) atoms. The lowest BCUT2D eigenvalue weighted by molar-refractivity contribution is -0.115. The van der Waals surface area contributed by atoms with Gasteiger partial charge in [-0.1, -0.05) is 29.8 Å². The van der Waals surface area contributed by atoms with E-state index in [4.69, 9.17) is 11.6 Å². The van der Waals surface area contributed by atoms with E-state index < -0.39 is 15.7 Å². The van der Waals surface area contributed by atoms with E-state index >= 15 is 0 Å². The topological polar surface area (TPSA) is 78.8 Å². The van der Waals surface area contributed by atoms with Crippen LogP contribution in [0.3, 0.4) is 0 Å². The average molecular weight is 432 g/mol. The molecule has 1 saturated heterocycles. The zero-order valence-electron chi connectivity index (χ0n) is 16.3. The van der Waals surface area contributed by atoms with Crippen molar-refractivity contribution in [3.05, 3.63) is 64.2 Å². The zero-order chi connectivity index (χ0) is 20.8. The van der Waals surface area contributed by atoms with Crippen LogP contribution in [0, 0.1) is 13.8 Å². The fourth-order valence-corrected chi connectivity index (χ4v) is 5.47. The second-order valence-corrected chi connectivity index (χ2v) is 9.98. The first-order chi connectivity index (χ1) is 13.7. The van der Waals surface area contributed by atoms with Crippen molar-refractivity contribution in [2.24, 2.45) is 4.99 Å². The van der Waals surface area contributed by atoms with Crippen molar-refractivity contribution in [2.45, 2.75) is 37.2 Å². The van der Waals surface area contributed by atoms with Gasteiger partial charge in [-0.2, -0.15) is 4.31 Å². The van der Waals surface area contributed by atoms with Gasteiger partial charge in [-0.05, 0) is 49.2 Å². The van der Waals surface area contributed by atoms with Crippen molar-refractivity contribution >= 4 is 33.2 Å². The summed E-state index contributed by atoms with van der Waals surface area (Å²) in [5, 5.41) is 3.49. The number of hydrogen-bond acceptors (Lipinski definition) is 4. The minimum atomic E-state index is -3.58. The number of nitrogens with one attached hydrogen (secondary N) is 1. The summed E-state index contributed by atoms with van der Waals surface area (Å²) in [6.07, 6.45) is 0.847. The van der Waals surface area contributed by atoms with E-state index in [0.29, 0.717) is 47.1 Å². The van der Waals surface area contributed by atoms with Gasteiger partial charge in [0, 0.05) is 36.5 Å². The van der Waals surface area contributed by atoms with Gasteiger partial charge in [0.25, 0.3) is 5.91 Å². The summed E-state index contributed by atoms with van der Waals surface area (Å²) in [6.45, 7) is 4.44. The Morgan fingerprint density at radius 3 is 2.45 bits per heavy atom. The number of carbonyl (C=O) groups is 1. The SMILES string of the molecule is Cc1ccc(S(=O)(=O)N2CCC3(CC2)N=C(c2cccc(Cl)c2)C(=O)N3)cc1C. The van der Waals surface area contributed by atoms with Gasteiger partial charge in [-0.3, -0.25) is 9.79 Å². The molecular formula is C21H22ClN3O3S. The summed E-state index contributed by atoms with van der Waals surface area (Å²) >= 11 is 6.04. The number of amides is 1. The molecule has 1 N–H and O–H groups in total. The molecule has 152 valence electrons. The molecule has 2 aromatic carbocycles. The summed E-state index contributed by atoms with van der Waals surface area (Å²) < 4.78 is 27.5. The second kappa shape index (κ2) is 7.23. The average Bonchev–Trinajstić information content (AvgIpc) is 3.00. The summed E-state index contributed by atoms with van der Waals surface area (Å²) in [4.78, 5) is 17.5. The molecule has 2 aliphatic rings. The lowest BCUT2D eigenvalue weighted by Gasteiger charge is -2.36.